The van der Waals surface area contributed by atoms with Crippen LogP contribution in [0.25, 0.3) is 6.08 Å². The maximum atomic E-state index is 8.81. The van der Waals surface area contributed by atoms with Crippen molar-refractivity contribution in [3.8, 4) is 6.07 Å². The molecule has 0 aliphatic carbocycles. The predicted molar refractivity (Wildman–Crippen MR) is 56.6 cm³/mol. The average molecular weight is 187 g/mol. The van der Waals surface area contributed by atoms with Crippen LogP contribution < -0.4 is 0 Å². The van der Waals surface area contributed by atoms with Crippen molar-refractivity contribution >= 4 is 6.08 Å². The summed E-state index contributed by atoms with van der Waals surface area (Å²) in [5, 5.41) is 8.81. The molecule has 1 aromatic carbocycles. The van der Waals surface area contributed by atoms with Crippen molar-refractivity contribution in [1.29, 1.82) is 5.26 Å². The van der Waals surface area contributed by atoms with E-state index in [4.69, 9.17) is 10.00 Å². The monoisotopic (exact) mass is 187 g/mol. The van der Waals surface area contributed by atoms with Crippen LogP contribution in [0.3, 0.4) is 0 Å². The number of hydrogen-bond donors (Lipinski definition) is 0. The van der Waals surface area contributed by atoms with Gasteiger partial charge in [-0.25, -0.2) is 0 Å². The molecule has 0 amide bonds. The summed E-state index contributed by atoms with van der Waals surface area (Å²) >= 11 is 0. The van der Waals surface area contributed by atoms with Gasteiger partial charge in [0.2, 0.25) is 0 Å². The SMILES string of the molecule is COC/C(C#N)=C\c1ccccc1C. The highest BCUT2D eigenvalue weighted by Gasteiger charge is 1.97. The van der Waals surface area contributed by atoms with Crippen LogP contribution in [0.2, 0.25) is 0 Å². The van der Waals surface area contributed by atoms with E-state index in [1.54, 1.807) is 7.11 Å². The molecule has 0 fully saturated rings. The highest BCUT2D eigenvalue weighted by molar-refractivity contribution is 5.59. The highest BCUT2D eigenvalue weighted by Crippen LogP contribution is 2.11. The topological polar surface area (TPSA) is 33.0 Å². The number of aryl methyl sites for hydroxylation is 1. The van der Waals surface area contributed by atoms with Gasteiger partial charge in [-0.05, 0) is 24.1 Å². The number of benzene rings is 1. The van der Waals surface area contributed by atoms with Gasteiger partial charge in [0, 0.05) is 7.11 Å². The Morgan fingerprint density at radius 2 is 2.21 bits per heavy atom. The number of nitriles is 1. The highest BCUT2D eigenvalue weighted by atomic mass is 16.5. The molecule has 0 spiro atoms. The van der Waals surface area contributed by atoms with Crippen molar-refractivity contribution in [2.45, 2.75) is 6.92 Å². The third kappa shape index (κ3) is 2.72. The fraction of sp³-hybridized carbons (Fsp3) is 0.250. The number of hydrogen-bond acceptors (Lipinski definition) is 2. The van der Waals surface area contributed by atoms with Gasteiger partial charge in [0.05, 0.1) is 18.2 Å². The summed E-state index contributed by atoms with van der Waals surface area (Å²) in [5.41, 5.74) is 2.87. The molecule has 1 rings (SSSR count). The van der Waals surface area contributed by atoms with Crippen LogP contribution >= 0.6 is 0 Å². The van der Waals surface area contributed by atoms with E-state index >= 15 is 0 Å². The summed E-state index contributed by atoms with van der Waals surface area (Å²) in [6.07, 6.45) is 1.86. The zero-order valence-corrected chi connectivity index (χ0v) is 8.45. The van der Waals surface area contributed by atoms with Crippen molar-refractivity contribution in [3.63, 3.8) is 0 Å². The summed E-state index contributed by atoms with van der Waals surface area (Å²) in [6.45, 7) is 2.39. The van der Waals surface area contributed by atoms with E-state index in [1.165, 1.54) is 0 Å². The van der Waals surface area contributed by atoms with Crippen molar-refractivity contribution < 1.29 is 4.74 Å². The largest absolute Gasteiger partial charge is 0.379 e. The van der Waals surface area contributed by atoms with Crippen LogP contribution in [0.15, 0.2) is 29.8 Å². The van der Waals surface area contributed by atoms with E-state index in [0.29, 0.717) is 12.2 Å². The van der Waals surface area contributed by atoms with E-state index < -0.39 is 0 Å². The van der Waals surface area contributed by atoms with Gasteiger partial charge in [0.15, 0.2) is 0 Å². The molecule has 0 N–H and O–H groups in total. The maximum Gasteiger partial charge on any atom is 0.0971 e. The Balaban J connectivity index is 2.96. The van der Waals surface area contributed by atoms with Crippen LogP contribution in [0.4, 0.5) is 0 Å². The second-order valence-corrected chi connectivity index (χ2v) is 3.07. The van der Waals surface area contributed by atoms with Gasteiger partial charge in [-0.2, -0.15) is 5.26 Å². The molecule has 0 atom stereocenters. The molecule has 72 valence electrons. The van der Waals surface area contributed by atoms with E-state index in [9.17, 15) is 0 Å². The minimum atomic E-state index is 0.366. The molecular formula is C12H13NO. The quantitative estimate of drug-likeness (QED) is 0.681. The fourth-order valence-electron chi connectivity index (χ4n) is 1.20. The smallest absolute Gasteiger partial charge is 0.0971 e. The normalized spacial score (nSPS) is 11.1. The van der Waals surface area contributed by atoms with Gasteiger partial charge in [-0.1, -0.05) is 24.3 Å². The fourth-order valence-corrected chi connectivity index (χ4v) is 1.20. The van der Waals surface area contributed by atoms with E-state index in [0.717, 1.165) is 11.1 Å². The van der Waals surface area contributed by atoms with Gasteiger partial charge in [-0.3, -0.25) is 0 Å². The third-order valence-corrected chi connectivity index (χ3v) is 1.96. The average Bonchev–Trinajstić information content (AvgIpc) is 2.20. The first-order valence-corrected chi connectivity index (χ1v) is 4.43. The lowest BCUT2D eigenvalue weighted by atomic mass is 10.1. The lowest BCUT2D eigenvalue weighted by Crippen LogP contribution is -1.92. The van der Waals surface area contributed by atoms with Crippen LogP contribution in [0.1, 0.15) is 11.1 Å². The second-order valence-electron chi connectivity index (χ2n) is 3.07. The van der Waals surface area contributed by atoms with Crippen molar-refractivity contribution in [1.82, 2.24) is 0 Å². The zero-order chi connectivity index (χ0) is 10.4. The van der Waals surface area contributed by atoms with Crippen LogP contribution in [0.5, 0.6) is 0 Å². The Morgan fingerprint density at radius 3 is 2.79 bits per heavy atom. The molecule has 0 aliphatic heterocycles. The standard InChI is InChI=1S/C12H13NO/c1-10-5-3-4-6-12(10)7-11(8-13)9-14-2/h3-7H,9H2,1-2H3/b11-7-. The van der Waals surface area contributed by atoms with Gasteiger partial charge in [0.1, 0.15) is 0 Å². The first-order valence-electron chi connectivity index (χ1n) is 4.43. The minimum absolute atomic E-state index is 0.366. The predicted octanol–water partition coefficient (Wildman–Crippen LogP) is 2.55. The maximum absolute atomic E-state index is 8.81. The lowest BCUT2D eigenvalue weighted by molar-refractivity contribution is 0.229. The molecule has 0 saturated carbocycles. The van der Waals surface area contributed by atoms with E-state index in [-0.39, 0.29) is 0 Å². The van der Waals surface area contributed by atoms with Gasteiger partial charge in [0.25, 0.3) is 0 Å². The number of methoxy groups -OCH3 is 1. The molecule has 0 aromatic heterocycles. The molecule has 0 unspecified atom stereocenters. The molecule has 0 bridgehead atoms. The molecule has 0 aliphatic rings. The van der Waals surface area contributed by atoms with Crippen LogP contribution in [0, 0.1) is 18.3 Å². The number of rotatable bonds is 3. The summed E-state index contributed by atoms with van der Waals surface area (Å²) in [6, 6.07) is 10.1. The zero-order valence-electron chi connectivity index (χ0n) is 8.45. The molecule has 0 radical (unpaired) electrons. The number of ether oxygens (including phenoxy) is 1. The first-order chi connectivity index (χ1) is 6.77. The molecule has 2 nitrogen and oxygen atoms in total. The van der Waals surface area contributed by atoms with Crippen molar-refractivity contribution in [2.75, 3.05) is 13.7 Å². The van der Waals surface area contributed by atoms with Crippen LogP contribution in [-0.2, 0) is 4.74 Å². The Bertz CT molecular complexity index is 374. The van der Waals surface area contributed by atoms with E-state index in [2.05, 4.69) is 6.07 Å². The van der Waals surface area contributed by atoms with Crippen molar-refractivity contribution in [2.24, 2.45) is 0 Å². The first kappa shape index (κ1) is 10.5. The van der Waals surface area contributed by atoms with Gasteiger partial charge >= 0.3 is 0 Å². The molecule has 2 heteroatoms. The van der Waals surface area contributed by atoms with E-state index in [1.807, 2.05) is 37.3 Å². The Hall–Kier alpha value is -1.59. The molecule has 1 aromatic rings. The Morgan fingerprint density at radius 1 is 1.50 bits per heavy atom. The van der Waals surface area contributed by atoms with Gasteiger partial charge < -0.3 is 4.74 Å². The summed E-state index contributed by atoms with van der Waals surface area (Å²) < 4.78 is 4.92. The van der Waals surface area contributed by atoms with Crippen molar-refractivity contribution in [3.05, 3.63) is 41.0 Å². The van der Waals surface area contributed by atoms with Crippen LogP contribution in [-0.4, -0.2) is 13.7 Å². The van der Waals surface area contributed by atoms with Gasteiger partial charge in [-0.15, -0.1) is 0 Å². The minimum Gasteiger partial charge on any atom is -0.379 e. The second kappa shape index (κ2) is 5.21. The molecular weight excluding hydrogens is 174 g/mol. The third-order valence-electron chi connectivity index (χ3n) is 1.96. The molecule has 0 heterocycles. The number of nitrogens with zero attached hydrogens (tertiary/aromatic N) is 1. The summed E-state index contributed by atoms with van der Waals surface area (Å²) in [5.74, 6) is 0. The molecule has 0 saturated heterocycles. The Kier molecular flexibility index (Phi) is 3.90. The lowest BCUT2D eigenvalue weighted by Gasteiger charge is -2.00. The molecule has 14 heavy (non-hydrogen) atoms. The Labute approximate surface area is 84.4 Å². The summed E-state index contributed by atoms with van der Waals surface area (Å²) in [4.78, 5) is 0. The summed E-state index contributed by atoms with van der Waals surface area (Å²) in [7, 11) is 1.59.